The molecule has 0 aromatic rings. The second-order valence-corrected chi connectivity index (χ2v) is 2.20. The Morgan fingerprint density at radius 3 is 2.07 bits per heavy atom. The molecule has 1 heterocycles. The summed E-state index contributed by atoms with van der Waals surface area (Å²) in [6.45, 7) is 3.50. The van der Waals surface area contributed by atoms with Gasteiger partial charge in [0.2, 0.25) is 0 Å². The van der Waals surface area contributed by atoms with Gasteiger partial charge in [0.1, 0.15) is 0 Å². The van der Waals surface area contributed by atoms with Crippen LogP contribution in [-0.2, 0) is 9.78 Å². The van der Waals surface area contributed by atoms with E-state index in [1.165, 1.54) is 0 Å². The molecule has 2 heteroatoms. The van der Waals surface area contributed by atoms with Crippen molar-refractivity contribution in [2.45, 2.75) is 13.8 Å². The summed E-state index contributed by atoms with van der Waals surface area (Å²) in [5, 5.41) is 0. The van der Waals surface area contributed by atoms with E-state index < -0.39 is 0 Å². The Morgan fingerprint density at radius 1 is 0.929 bits per heavy atom. The van der Waals surface area contributed by atoms with E-state index in [0.29, 0.717) is 5.95 Å². The maximum atomic E-state index is 4.46. The van der Waals surface area contributed by atoms with E-state index >= 15 is 0 Å². The summed E-state index contributed by atoms with van der Waals surface area (Å²) in [6, 6.07) is 0. The molecule has 14 heavy (non-hydrogen) atoms. The maximum absolute atomic E-state index is 4.46. The minimum Gasteiger partial charge on any atom is -0.241 e. The molecular weight excluding hydrogens is 176 g/mol. The van der Waals surface area contributed by atoms with Gasteiger partial charge in [-0.25, -0.2) is 9.78 Å². The van der Waals surface area contributed by atoms with Gasteiger partial charge in [-0.1, -0.05) is 5.92 Å². The first kappa shape index (κ1) is 9.67. The van der Waals surface area contributed by atoms with Crippen LogP contribution in [0.1, 0.15) is 13.8 Å². The molecule has 0 amide bonds. The fourth-order valence-electron chi connectivity index (χ4n) is 0.509. The molecular formula is C12H6O2. The van der Waals surface area contributed by atoms with Crippen molar-refractivity contribution in [3.05, 3.63) is 11.5 Å². The molecule has 0 bridgehead atoms. The van der Waals surface area contributed by atoms with E-state index in [1.807, 2.05) is 0 Å². The Balaban J connectivity index is 2.50. The lowest BCUT2D eigenvalue weighted by molar-refractivity contribution is 0.0850. The van der Waals surface area contributed by atoms with Crippen LogP contribution >= 0.6 is 0 Å². The van der Waals surface area contributed by atoms with Crippen LogP contribution in [0.5, 0.6) is 0 Å². The molecule has 1 saturated heterocycles. The van der Waals surface area contributed by atoms with Gasteiger partial charge in [-0.05, 0) is 55.3 Å². The first-order valence-corrected chi connectivity index (χ1v) is 3.82. The fraction of sp³-hybridized carbons (Fsp3) is 0.167. The van der Waals surface area contributed by atoms with Crippen LogP contribution in [-0.4, -0.2) is 0 Å². The van der Waals surface area contributed by atoms with Gasteiger partial charge in [-0.15, -0.1) is 0 Å². The minimum atomic E-state index is 0.460. The van der Waals surface area contributed by atoms with Gasteiger partial charge < -0.3 is 0 Å². The van der Waals surface area contributed by atoms with Crippen LogP contribution < -0.4 is 0 Å². The van der Waals surface area contributed by atoms with E-state index in [-0.39, 0.29) is 0 Å². The quantitative estimate of drug-likeness (QED) is 0.319. The minimum absolute atomic E-state index is 0.460. The van der Waals surface area contributed by atoms with Crippen molar-refractivity contribution >= 4 is 0 Å². The van der Waals surface area contributed by atoms with E-state index in [4.69, 9.17) is 0 Å². The Bertz CT molecular complexity index is 487. The fourth-order valence-corrected chi connectivity index (χ4v) is 0.509. The maximum Gasteiger partial charge on any atom is 0.390 e. The second kappa shape index (κ2) is 5.27. The standard InChI is InChI=1S/C12H6O2/c1-3-4-5-6-7-8-9-10-11(2)12-13-14-12/h1-2H3. The van der Waals surface area contributed by atoms with E-state index in [1.54, 1.807) is 13.8 Å². The Morgan fingerprint density at radius 2 is 1.50 bits per heavy atom. The van der Waals surface area contributed by atoms with Crippen LogP contribution in [0, 0.1) is 47.4 Å². The molecule has 0 radical (unpaired) electrons. The third-order valence-electron chi connectivity index (χ3n) is 1.16. The molecule has 0 unspecified atom stereocenters. The predicted molar refractivity (Wildman–Crippen MR) is 51.6 cm³/mol. The van der Waals surface area contributed by atoms with Gasteiger partial charge in [0.25, 0.3) is 0 Å². The van der Waals surface area contributed by atoms with Crippen LogP contribution in [0.15, 0.2) is 11.5 Å². The first-order chi connectivity index (χ1) is 6.84. The lowest BCUT2D eigenvalue weighted by atomic mass is 10.3. The highest BCUT2D eigenvalue weighted by atomic mass is 17.4. The van der Waals surface area contributed by atoms with E-state index in [0.717, 1.165) is 5.57 Å². The summed E-state index contributed by atoms with van der Waals surface area (Å²) in [6.07, 6.45) is 0. The van der Waals surface area contributed by atoms with E-state index in [2.05, 4.69) is 57.1 Å². The van der Waals surface area contributed by atoms with Crippen LogP contribution in [0.2, 0.25) is 0 Å². The molecule has 0 aromatic heterocycles. The monoisotopic (exact) mass is 182 g/mol. The molecule has 1 rings (SSSR count). The third kappa shape index (κ3) is 3.82. The van der Waals surface area contributed by atoms with Gasteiger partial charge in [-0.2, -0.15) is 0 Å². The molecule has 0 atom stereocenters. The first-order valence-electron chi connectivity index (χ1n) is 3.82. The van der Waals surface area contributed by atoms with Gasteiger partial charge >= 0.3 is 5.95 Å². The summed E-state index contributed by atoms with van der Waals surface area (Å²) in [7, 11) is 0. The highest BCUT2D eigenvalue weighted by Gasteiger charge is 2.20. The van der Waals surface area contributed by atoms with Gasteiger partial charge in [0.15, 0.2) is 0 Å². The lowest BCUT2D eigenvalue weighted by Gasteiger charge is -1.69. The Labute approximate surface area is 83.2 Å². The number of hydrogen-bond acceptors (Lipinski definition) is 2. The topological polar surface area (TPSA) is 25.1 Å². The van der Waals surface area contributed by atoms with E-state index in [9.17, 15) is 0 Å². The molecule has 0 spiro atoms. The Hall–Kier alpha value is -2.42. The smallest absolute Gasteiger partial charge is 0.241 e. The average Bonchev–Trinajstić information content (AvgIpc) is 2.99. The van der Waals surface area contributed by atoms with Crippen molar-refractivity contribution in [1.29, 1.82) is 0 Å². The zero-order valence-electron chi connectivity index (χ0n) is 7.82. The van der Waals surface area contributed by atoms with Crippen LogP contribution in [0.25, 0.3) is 0 Å². The number of hydrogen-bond donors (Lipinski definition) is 0. The molecule has 0 N–H and O–H groups in total. The average molecular weight is 182 g/mol. The van der Waals surface area contributed by atoms with Crippen molar-refractivity contribution in [3.8, 4) is 47.4 Å². The van der Waals surface area contributed by atoms with Crippen LogP contribution in [0.4, 0.5) is 0 Å². The lowest BCUT2D eigenvalue weighted by Crippen LogP contribution is -1.66. The SMILES string of the molecule is CC#CC#CC#CC#CC(C)=C1OO1. The van der Waals surface area contributed by atoms with Gasteiger partial charge in [0, 0.05) is 0 Å². The predicted octanol–water partition coefficient (Wildman–Crippen LogP) is 1.21. The normalized spacial score (nSPS) is 8.86. The van der Waals surface area contributed by atoms with Crippen molar-refractivity contribution in [1.82, 2.24) is 0 Å². The largest absolute Gasteiger partial charge is 0.390 e. The zero-order chi connectivity index (χ0) is 10.2. The van der Waals surface area contributed by atoms with Gasteiger partial charge in [0.05, 0.1) is 5.57 Å². The molecule has 66 valence electrons. The summed E-state index contributed by atoms with van der Waals surface area (Å²) in [5.41, 5.74) is 0.723. The number of allylic oxidation sites excluding steroid dienone is 1. The van der Waals surface area contributed by atoms with Crippen molar-refractivity contribution in [2.75, 3.05) is 0 Å². The summed E-state index contributed by atoms with van der Waals surface area (Å²) < 4.78 is 0. The second-order valence-electron chi connectivity index (χ2n) is 2.20. The molecule has 1 aliphatic rings. The van der Waals surface area contributed by atoms with Crippen molar-refractivity contribution in [3.63, 3.8) is 0 Å². The molecule has 2 nitrogen and oxygen atoms in total. The molecule has 1 fully saturated rings. The number of rotatable bonds is 0. The molecule has 1 aliphatic heterocycles. The highest BCUT2D eigenvalue weighted by molar-refractivity contribution is 5.42. The van der Waals surface area contributed by atoms with Gasteiger partial charge in [-0.3, -0.25) is 0 Å². The van der Waals surface area contributed by atoms with Crippen molar-refractivity contribution in [2.24, 2.45) is 0 Å². The molecule has 0 aliphatic carbocycles. The van der Waals surface area contributed by atoms with Crippen LogP contribution in [0.3, 0.4) is 0 Å². The van der Waals surface area contributed by atoms with Crippen molar-refractivity contribution < 1.29 is 9.78 Å². The summed E-state index contributed by atoms with van der Waals surface area (Å²) in [5.74, 6) is 21.2. The Kier molecular flexibility index (Phi) is 3.64. The summed E-state index contributed by atoms with van der Waals surface area (Å²) >= 11 is 0. The third-order valence-corrected chi connectivity index (χ3v) is 1.16. The molecule has 0 saturated carbocycles. The molecule has 0 aromatic carbocycles. The highest BCUT2D eigenvalue weighted by Crippen LogP contribution is 2.20. The summed E-state index contributed by atoms with van der Waals surface area (Å²) in [4.78, 5) is 8.93. The zero-order valence-corrected chi connectivity index (χ0v) is 7.82.